The number of hydrogen-bond acceptors (Lipinski definition) is 1. The second-order valence-electron chi connectivity index (χ2n) is 4.72. The second kappa shape index (κ2) is 2.23. The van der Waals surface area contributed by atoms with E-state index in [1.807, 2.05) is 13.8 Å². The van der Waals surface area contributed by atoms with Crippen LogP contribution in [0, 0.1) is 5.41 Å². The van der Waals surface area contributed by atoms with Gasteiger partial charge < -0.3 is 5.32 Å². The summed E-state index contributed by atoms with van der Waals surface area (Å²) in [6.07, 6.45) is 2.07. The number of carbonyl (C=O) groups excluding carboxylic acids is 1. The Morgan fingerprint density at radius 1 is 1.18 bits per heavy atom. The van der Waals surface area contributed by atoms with Gasteiger partial charge in [0.1, 0.15) is 0 Å². The fourth-order valence-electron chi connectivity index (χ4n) is 1.28. The summed E-state index contributed by atoms with van der Waals surface area (Å²) in [5.41, 5.74) is -0.151. The molecule has 0 aromatic heterocycles. The maximum atomic E-state index is 11.4. The molecule has 1 heterocycles. The number of amides is 1. The average Bonchev–Trinajstić information content (AvgIpc) is 1.81. The zero-order chi connectivity index (χ0) is 8.70. The van der Waals surface area contributed by atoms with Gasteiger partial charge in [0.05, 0.1) is 0 Å². The van der Waals surface area contributed by atoms with Gasteiger partial charge in [-0.15, -0.1) is 0 Å². The first-order valence-electron chi connectivity index (χ1n) is 4.16. The lowest BCUT2D eigenvalue weighted by Crippen LogP contribution is -2.53. The number of piperidine rings is 1. The summed E-state index contributed by atoms with van der Waals surface area (Å²) < 4.78 is 0. The van der Waals surface area contributed by atoms with Crippen molar-refractivity contribution in [2.24, 2.45) is 5.41 Å². The van der Waals surface area contributed by atoms with Crippen molar-refractivity contribution < 1.29 is 4.79 Å². The molecule has 1 aliphatic heterocycles. The van der Waals surface area contributed by atoms with Gasteiger partial charge in [0.2, 0.25) is 5.91 Å². The smallest absolute Gasteiger partial charge is 0.226 e. The van der Waals surface area contributed by atoms with E-state index in [9.17, 15) is 4.79 Å². The van der Waals surface area contributed by atoms with Crippen LogP contribution in [0.2, 0.25) is 0 Å². The normalized spacial score (nSPS) is 27.8. The van der Waals surface area contributed by atoms with Crippen LogP contribution in [0.5, 0.6) is 0 Å². The monoisotopic (exact) mass is 155 g/mol. The second-order valence-corrected chi connectivity index (χ2v) is 4.72. The van der Waals surface area contributed by atoms with E-state index in [1.54, 1.807) is 0 Å². The molecule has 11 heavy (non-hydrogen) atoms. The Hall–Kier alpha value is -0.530. The third-order valence-corrected chi connectivity index (χ3v) is 2.44. The van der Waals surface area contributed by atoms with E-state index in [-0.39, 0.29) is 16.9 Å². The summed E-state index contributed by atoms with van der Waals surface area (Å²) in [6, 6.07) is 0. The highest BCUT2D eigenvalue weighted by Crippen LogP contribution is 2.31. The van der Waals surface area contributed by atoms with Crippen LogP contribution in [-0.2, 0) is 4.79 Å². The molecule has 0 radical (unpaired) electrons. The summed E-state index contributed by atoms with van der Waals surface area (Å²) in [7, 11) is 0. The first-order chi connectivity index (χ1) is 4.83. The van der Waals surface area contributed by atoms with Crippen LogP contribution in [0.15, 0.2) is 0 Å². The third kappa shape index (κ3) is 1.73. The zero-order valence-corrected chi connectivity index (χ0v) is 7.82. The van der Waals surface area contributed by atoms with Crippen molar-refractivity contribution in [2.45, 2.75) is 46.1 Å². The Morgan fingerprint density at radius 2 is 1.73 bits per heavy atom. The Bertz CT molecular complexity index is 182. The minimum Gasteiger partial charge on any atom is -0.351 e. The van der Waals surface area contributed by atoms with Gasteiger partial charge in [-0.25, -0.2) is 0 Å². The first kappa shape index (κ1) is 8.57. The van der Waals surface area contributed by atoms with Gasteiger partial charge >= 0.3 is 0 Å². The summed E-state index contributed by atoms with van der Waals surface area (Å²) in [5, 5.41) is 3.01. The van der Waals surface area contributed by atoms with Crippen LogP contribution in [0.4, 0.5) is 0 Å². The van der Waals surface area contributed by atoms with E-state index >= 15 is 0 Å². The summed E-state index contributed by atoms with van der Waals surface area (Å²) >= 11 is 0. The molecule has 0 atom stereocenters. The van der Waals surface area contributed by atoms with Gasteiger partial charge in [-0.3, -0.25) is 4.79 Å². The minimum absolute atomic E-state index is 0.00655. The lowest BCUT2D eigenvalue weighted by atomic mass is 9.77. The Morgan fingerprint density at radius 3 is 2.09 bits per heavy atom. The van der Waals surface area contributed by atoms with E-state index in [2.05, 4.69) is 19.2 Å². The van der Waals surface area contributed by atoms with E-state index in [4.69, 9.17) is 0 Å². The maximum absolute atomic E-state index is 11.4. The summed E-state index contributed by atoms with van der Waals surface area (Å²) in [6.45, 7) is 8.13. The van der Waals surface area contributed by atoms with Crippen molar-refractivity contribution in [3.8, 4) is 0 Å². The lowest BCUT2D eigenvalue weighted by molar-refractivity contribution is -0.134. The number of rotatable bonds is 0. The largest absolute Gasteiger partial charge is 0.351 e. The maximum Gasteiger partial charge on any atom is 0.226 e. The van der Waals surface area contributed by atoms with Crippen LogP contribution < -0.4 is 5.32 Å². The minimum atomic E-state index is -0.157. The highest BCUT2D eigenvalue weighted by molar-refractivity contribution is 5.83. The molecule has 1 N–H and O–H groups in total. The van der Waals surface area contributed by atoms with E-state index in [0.29, 0.717) is 0 Å². The molecule has 1 amide bonds. The van der Waals surface area contributed by atoms with E-state index < -0.39 is 0 Å². The lowest BCUT2D eigenvalue weighted by Gasteiger charge is -2.39. The van der Waals surface area contributed by atoms with Crippen molar-refractivity contribution in [1.82, 2.24) is 5.32 Å². The molecule has 1 saturated heterocycles. The Balaban J connectivity index is 2.71. The van der Waals surface area contributed by atoms with Gasteiger partial charge in [0, 0.05) is 11.0 Å². The van der Waals surface area contributed by atoms with Gasteiger partial charge in [0.15, 0.2) is 0 Å². The van der Waals surface area contributed by atoms with Crippen LogP contribution in [-0.4, -0.2) is 11.4 Å². The standard InChI is InChI=1S/C9H17NO/c1-8(2)5-6-9(3,4)10-7(8)11/h5-6H2,1-4H3,(H,10,11). The molecule has 1 rings (SSSR count). The molecule has 1 aliphatic rings. The van der Waals surface area contributed by atoms with Crippen LogP contribution in [0.1, 0.15) is 40.5 Å². The molecular formula is C9H17NO. The SMILES string of the molecule is CC1(C)CCC(C)(C)C(=O)N1. The van der Waals surface area contributed by atoms with Crippen molar-refractivity contribution >= 4 is 5.91 Å². The molecule has 0 saturated carbocycles. The van der Waals surface area contributed by atoms with E-state index in [1.165, 1.54) is 0 Å². The van der Waals surface area contributed by atoms with Crippen molar-refractivity contribution in [1.29, 1.82) is 0 Å². The van der Waals surface area contributed by atoms with Crippen LogP contribution in [0.25, 0.3) is 0 Å². The van der Waals surface area contributed by atoms with Gasteiger partial charge in [0.25, 0.3) is 0 Å². The summed E-state index contributed by atoms with van der Waals surface area (Å²) in [5.74, 6) is 0.189. The van der Waals surface area contributed by atoms with E-state index in [0.717, 1.165) is 12.8 Å². The Labute approximate surface area is 68.4 Å². The van der Waals surface area contributed by atoms with Gasteiger partial charge in [-0.2, -0.15) is 0 Å². The molecule has 0 unspecified atom stereocenters. The third-order valence-electron chi connectivity index (χ3n) is 2.44. The number of nitrogens with one attached hydrogen (secondary N) is 1. The molecule has 0 aromatic rings. The number of hydrogen-bond donors (Lipinski definition) is 1. The molecule has 2 heteroatoms. The molecule has 0 bridgehead atoms. The average molecular weight is 155 g/mol. The Kier molecular flexibility index (Phi) is 1.73. The molecule has 1 fully saturated rings. The van der Waals surface area contributed by atoms with Crippen molar-refractivity contribution in [3.05, 3.63) is 0 Å². The molecule has 0 spiro atoms. The predicted octanol–water partition coefficient (Wildman–Crippen LogP) is 1.70. The molecule has 2 nitrogen and oxygen atoms in total. The highest BCUT2D eigenvalue weighted by atomic mass is 16.2. The predicted molar refractivity (Wildman–Crippen MR) is 45.2 cm³/mol. The molecule has 64 valence electrons. The highest BCUT2D eigenvalue weighted by Gasteiger charge is 2.37. The summed E-state index contributed by atoms with van der Waals surface area (Å²) in [4.78, 5) is 11.4. The van der Waals surface area contributed by atoms with Crippen molar-refractivity contribution in [3.63, 3.8) is 0 Å². The van der Waals surface area contributed by atoms with Gasteiger partial charge in [-0.1, -0.05) is 13.8 Å². The molecular weight excluding hydrogens is 138 g/mol. The molecule has 0 aliphatic carbocycles. The fourth-order valence-corrected chi connectivity index (χ4v) is 1.28. The fraction of sp³-hybridized carbons (Fsp3) is 0.889. The van der Waals surface area contributed by atoms with Crippen LogP contribution in [0.3, 0.4) is 0 Å². The van der Waals surface area contributed by atoms with Crippen molar-refractivity contribution in [2.75, 3.05) is 0 Å². The van der Waals surface area contributed by atoms with Crippen LogP contribution >= 0.6 is 0 Å². The molecule has 0 aromatic carbocycles. The quantitative estimate of drug-likeness (QED) is 0.567. The topological polar surface area (TPSA) is 29.1 Å². The number of carbonyl (C=O) groups is 1. The first-order valence-corrected chi connectivity index (χ1v) is 4.16. The van der Waals surface area contributed by atoms with Gasteiger partial charge in [-0.05, 0) is 26.7 Å². The zero-order valence-electron chi connectivity index (χ0n) is 7.82.